The molecule has 11 aromatic carbocycles. The van der Waals surface area contributed by atoms with Gasteiger partial charge in [0.1, 0.15) is 0 Å². The number of hydrogen-bond donors (Lipinski definition) is 0. The van der Waals surface area contributed by atoms with E-state index in [9.17, 15) is 0 Å². The van der Waals surface area contributed by atoms with Crippen LogP contribution in [-0.2, 0) is 0 Å². The van der Waals surface area contributed by atoms with Crippen molar-refractivity contribution in [3.8, 4) is 45.0 Å². The predicted octanol–water partition coefficient (Wildman–Crippen LogP) is 15.2. The van der Waals surface area contributed by atoms with E-state index in [4.69, 9.17) is 9.97 Å². The quantitative estimate of drug-likeness (QED) is 0.133. The predicted molar refractivity (Wildman–Crippen MR) is 246 cm³/mol. The van der Waals surface area contributed by atoms with Crippen LogP contribution in [0.5, 0.6) is 0 Å². The first-order chi connectivity index (χ1) is 28.8. The molecule has 0 N–H and O–H groups in total. The van der Waals surface area contributed by atoms with Gasteiger partial charge >= 0.3 is 0 Å². The molecule has 0 saturated carbocycles. The Balaban J connectivity index is 1.20. The molecule has 0 bridgehead atoms. The first-order valence-electron chi connectivity index (χ1n) is 19.9. The van der Waals surface area contributed by atoms with Crippen LogP contribution in [0.25, 0.3) is 120 Å². The Bertz CT molecular complexity index is 3610. The molecule has 0 spiro atoms. The van der Waals surface area contributed by atoms with Gasteiger partial charge in [-0.15, -0.1) is 0 Å². The molecule has 1 heterocycles. The van der Waals surface area contributed by atoms with E-state index >= 15 is 0 Å². The molecular formula is C56H34N2. The summed E-state index contributed by atoms with van der Waals surface area (Å²) >= 11 is 0. The van der Waals surface area contributed by atoms with Gasteiger partial charge in [0.25, 0.3) is 0 Å². The van der Waals surface area contributed by atoms with Crippen LogP contribution in [0, 0.1) is 0 Å². The monoisotopic (exact) mass is 734 g/mol. The Morgan fingerprint density at radius 1 is 0.259 bits per heavy atom. The molecule has 58 heavy (non-hydrogen) atoms. The van der Waals surface area contributed by atoms with Gasteiger partial charge in [-0.1, -0.05) is 188 Å². The molecule has 0 aliphatic carbocycles. The molecular weight excluding hydrogens is 701 g/mol. The third-order valence-corrected chi connectivity index (χ3v) is 12.0. The summed E-state index contributed by atoms with van der Waals surface area (Å²) < 4.78 is 0. The second-order valence-corrected chi connectivity index (χ2v) is 15.2. The largest absolute Gasteiger partial charge is 0.228 e. The van der Waals surface area contributed by atoms with Gasteiger partial charge in [-0.05, 0) is 105 Å². The molecule has 0 unspecified atom stereocenters. The Morgan fingerprint density at radius 2 is 0.776 bits per heavy atom. The van der Waals surface area contributed by atoms with Crippen LogP contribution in [0.3, 0.4) is 0 Å². The molecule has 0 aliphatic heterocycles. The van der Waals surface area contributed by atoms with Crippen LogP contribution >= 0.6 is 0 Å². The summed E-state index contributed by atoms with van der Waals surface area (Å²) in [5.74, 6) is 0.712. The van der Waals surface area contributed by atoms with Gasteiger partial charge in [0.05, 0.1) is 11.4 Å². The van der Waals surface area contributed by atoms with E-state index < -0.39 is 0 Å². The maximum Gasteiger partial charge on any atom is 0.161 e. The van der Waals surface area contributed by atoms with Gasteiger partial charge in [0, 0.05) is 16.7 Å². The van der Waals surface area contributed by atoms with E-state index in [0.717, 1.165) is 38.9 Å². The molecule has 0 radical (unpaired) electrons. The van der Waals surface area contributed by atoms with Crippen molar-refractivity contribution >= 4 is 75.4 Å². The molecule has 2 nitrogen and oxygen atoms in total. The van der Waals surface area contributed by atoms with Crippen molar-refractivity contribution in [1.82, 2.24) is 9.97 Å². The third kappa shape index (κ3) is 5.05. The average Bonchev–Trinajstić information content (AvgIpc) is 3.30. The number of hydrogen-bond acceptors (Lipinski definition) is 2. The zero-order valence-electron chi connectivity index (χ0n) is 31.5. The minimum absolute atomic E-state index is 0.712. The van der Waals surface area contributed by atoms with Gasteiger partial charge in [-0.2, -0.15) is 0 Å². The lowest BCUT2D eigenvalue weighted by Crippen LogP contribution is -1.98. The number of rotatable bonds is 4. The summed E-state index contributed by atoms with van der Waals surface area (Å²) in [7, 11) is 0. The number of benzene rings is 11. The molecule has 0 aliphatic rings. The lowest BCUT2D eigenvalue weighted by Gasteiger charge is -2.18. The first kappa shape index (κ1) is 32.6. The topological polar surface area (TPSA) is 25.8 Å². The first-order valence-corrected chi connectivity index (χ1v) is 19.9. The van der Waals surface area contributed by atoms with E-state index in [-0.39, 0.29) is 0 Å². The van der Waals surface area contributed by atoms with E-state index in [1.54, 1.807) is 0 Å². The van der Waals surface area contributed by atoms with E-state index in [1.165, 1.54) is 75.8 Å². The highest BCUT2D eigenvalue weighted by Gasteiger charge is 2.20. The van der Waals surface area contributed by atoms with Crippen molar-refractivity contribution in [1.29, 1.82) is 0 Å². The van der Waals surface area contributed by atoms with E-state index in [2.05, 4.69) is 206 Å². The normalized spacial score (nSPS) is 11.8. The fraction of sp³-hybridized carbons (Fsp3) is 0. The standard InChI is InChI=1S/C56H34N2/c1-2-14-35(15-3-1)36-26-28-38(29-27-36)52-34-53(58-56(57-52)55-41-19-7-5-17-39(41)32-49-40-18-6-4-16-37(40)30-31-48(49)55)50-33-51-44-22-9-8-20-42(44)43-21-10-12-24-46(43)54(51)47-25-13-11-23-45(47)50/h1-34H. The molecule has 12 rings (SSSR count). The van der Waals surface area contributed by atoms with Crippen molar-refractivity contribution < 1.29 is 0 Å². The summed E-state index contributed by atoms with van der Waals surface area (Å²) in [5, 5.41) is 17.0. The second-order valence-electron chi connectivity index (χ2n) is 15.2. The molecule has 0 atom stereocenters. The van der Waals surface area contributed by atoms with Crippen LogP contribution in [-0.4, -0.2) is 9.97 Å². The SMILES string of the molecule is c1ccc(-c2ccc(-c3cc(-c4cc5c6ccccc6c6ccccc6c5c5ccccc45)nc(-c4c5ccccc5cc5c4ccc4ccccc45)n3)cc2)cc1. The zero-order valence-corrected chi connectivity index (χ0v) is 31.5. The van der Waals surface area contributed by atoms with E-state index in [1.807, 2.05) is 0 Å². The molecule has 0 saturated heterocycles. The summed E-state index contributed by atoms with van der Waals surface area (Å²) in [6, 6.07) is 74.5. The van der Waals surface area contributed by atoms with Gasteiger partial charge in [-0.3, -0.25) is 0 Å². The maximum atomic E-state index is 5.63. The number of nitrogens with zero attached hydrogens (tertiary/aromatic N) is 2. The second kappa shape index (κ2) is 12.9. The van der Waals surface area contributed by atoms with Gasteiger partial charge in [0.15, 0.2) is 5.82 Å². The molecule has 12 aromatic rings. The molecule has 268 valence electrons. The summed E-state index contributed by atoms with van der Waals surface area (Å²) in [5.41, 5.74) is 7.31. The summed E-state index contributed by atoms with van der Waals surface area (Å²) in [6.45, 7) is 0. The third-order valence-electron chi connectivity index (χ3n) is 12.0. The summed E-state index contributed by atoms with van der Waals surface area (Å²) in [6.07, 6.45) is 0. The van der Waals surface area contributed by atoms with Gasteiger partial charge in [-0.25, -0.2) is 9.97 Å². The van der Waals surface area contributed by atoms with Crippen LogP contribution in [0.15, 0.2) is 206 Å². The highest BCUT2D eigenvalue weighted by atomic mass is 14.9. The molecule has 1 aromatic heterocycles. The molecule has 0 fully saturated rings. The van der Waals surface area contributed by atoms with Gasteiger partial charge < -0.3 is 0 Å². The van der Waals surface area contributed by atoms with Crippen molar-refractivity contribution in [2.45, 2.75) is 0 Å². The highest BCUT2D eigenvalue weighted by molar-refractivity contribution is 6.33. The zero-order chi connectivity index (χ0) is 38.2. The Labute approximate surface area is 335 Å². The molecule has 0 amide bonds. The van der Waals surface area contributed by atoms with Crippen LogP contribution in [0.4, 0.5) is 0 Å². The Morgan fingerprint density at radius 3 is 1.52 bits per heavy atom. The van der Waals surface area contributed by atoms with Gasteiger partial charge in [0.2, 0.25) is 0 Å². The van der Waals surface area contributed by atoms with E-state index in [0.29, 0.717) is 5.82 Å². The highest BCUT2D eigenvalue weighted by Crippen LogP contribution is 2.44. The van der Waals surface area contributed by atoms with Crippen molar-refractivity contribution in [2.24, 2.45) is 0 Å². The lowest BCUT2D eigenvalue weighted by molar-refractivity contribution is 1.19. The smallest absolute Gasteiger partial charge is 0.161 e. The van der Waals surface area contributed by atoms with Crippen LogP contribution < -0.4 is 0 Å². The fourth-order valence-corrected chi connectivity index (χ4v) is 9.35. The maximum absolute atomic E-state index is 5.63. The van der Waals surface area contributed by atoms with Crippen LogP contribution in [0.2, 0.25) is 0 Å². The Hall–Kier alpha value is -7.68. The van der Waals surface area contributed by atoms with Crippen LogP contribution in [0.1, 0.15) is 0 Å². The minimum atomic E-state index is 0.712. The number of aromatic nitrogens is 2. The summed E-state index contributed by atoms with van der Waals surface area (Å²) in [4.78, 5) is 11.1. The fourth-order valence-electron chi connectivity index (χ4n) is 9.35. The minimum Gasteiger partial charge on any atom is -0.228 e. The van der Waals surface area contributed by atoms with Crippen molar-refractivity contribution in [3.63, 3.8) is 0 Å². The average molecular weight is 735 g/mol. The lowest BCUT2D eigenvalue weighted by atomic mass is 9.88. The number of fused-ring (bicyclic) bond motifs is 12. The Kier molecular flexibility index (Phi) is 7.26. The van der Waals surface area contributed by atoms with Crippen molar-refractivity contribution in [3.05, 3.63) is 206 Å². The molecule has 2 heteroatoms. The van der Waals surface area contributed by atoms with Crippen molar-refractivity contribution in [2.75, 3.05) is 0 Å².